The highest BCUT2D eigenvalue weighted by atomic mass is 35.5. The molecule has 0 heterocycles. The highest BCUT2D eigenvalue weighted by molar-refractivity contribution is 6.31. The molecule has 0 radical (unpaired) electrons. The van der Waals surface area contributed by atoms with Crippen molar-refractivity contribution in [3.8, 4) is 5.75 Å². The maximum Gasteiger partial charge on any atom is 0.239 e. The number of ether oxygens (including phenoxy) is 1. The predicted octanol–water partition coefficient (Wildman–Crippen LogP) is 2.80. The van der Waals surface area contributed by atoms with Crippen LogP contribution in [0.3, 0.4) is 0 Å². The van der Waals surface area contributed by atoms with Gasteiger partial charge in [-0.3, -0.25) is 10.1 Å². The summed E-state index contributed by atoms with van der Waals surface area (Å²) in [5.41, 5.74) is 6.20. The van der Waals surface area contributed by atoms with Crippen LogP contribution in [-0.4, -0.2) is 19.1 Å². The van der Waals surface area contributed by atoms with Crippen molar-refractivity contribution < 1.29 is 9.53 Å². The molecule has 0 bridgehead atoms. The van der Waals surface area contributed by atoms with Crippen LogP contribution in [0.15, 0.2) is 18.2 Å². The molecule has 2 rings (SSSR count). The largest absolute Gasteiger partial charge is 0.496 e. The van der Waals surface area contributed by atoms with Crippen LogP contribution in [0, 0.1) is 0 Å². The number of primary amides is 1. The molecule has 1 aliphatic carbocycles. The first-order valence-electron chi connectivity index (χ1n) is 7.01. The van der Waals surface area contributed by atoms with Crippen LogP contribution in [0.25, 0.3) is 0 Å². The fourth-order valence-electron chi connectivity index (χ4n) is 2.79. The predicted molar refractivity (Wildman–Crippen MR) is 79.9 cm³/mol. The minimum absolute atomic E-state index is 0.308. The highest BCUT2D eigenvalue weighted by Gasteiger charge is 2.27. The Kier molecular flexibility index (Phi) is 5.26. The van der Waals surface area contributed by atoms with Crippen LogP contribution in [0.1, 0.15) is 43.7 Å². The van der Waals surface area contributed by atoms with Gasteiger partial charge in [0.2, 0.25) is 5.91 Å². The zero-order valence-electron chi connectivity index (χ0n) is 11.7. The van der Waals surface area contributed by atoms with Gasteiger partial charge in [0.05, 0.1) is 7.11 Å². The molecule has 5 heteroatoms. The Morgan fingerprint density at radius 2 is 2.10 bits per heavy atom. The number of halogens is 1. The number of nitrogens with two attached hydrogens (primary N) is 1. The van der Waals surface area contributed by atoms with E-state index in [4.69, 9.17) is 22.1 Å². The van der Waals surface area contributed by atoms with Gasteiger partial charge in [0.1, 0.15) is 11.8 Å². The maximum absolute atomic E-state index is 11.8. The summed E-state index contributed by atoms with van der Waals surface area (Å²) in [6.45, 7) is 0. The first-order valence-corrected chi connectivity index (χ1v) is 7.39. The van der Waals surface area contributed by atoms with Crippen LogP contribution < -0.4 is 15.8 Å². The summed E-state index contributed by atoms with van der Waals surface area (Å²) in [5, 5.41) is 3.84. The fourth-order valence-corrected chi connectivity index (χ4v) is 3.06. The quantitative estimate of drug-likeness (QED) is 0.878. The molecule has 0 aromatic heterocycles. The third kappa shape index (κ3) is 3.44. The summed E-state index contributed by atoms with van der Waals surface area (Å²) in [7, 11) is 1.56. The van der Waals surface area contributed by atoms with E-state index >= 15 is 0 Å². The van der Waals surface area contributed by atoms with Crippen molar-refractivity contribution in [1.29, 1.82) is 0 Å². The molecule has 1 aromatic carbocycles. The topological polar surface area (TPSA) is 64.3 Å². The summed E-state index contributed by atoms with van der Waals surface area (Å²) in [6.07, 6.45) is 5.76. The van der Waals surface area contributed by atoms with Gasteiger partial charge in [-0.05, 0) is 25.0 Å². The summed E-state index contributed by atoms with van der Waals surface area (Å²) in [5.74, 6) is 0.159. The number of amides is 1. The average molecular weight is 297 g/mol. The van der Waals surface area contributed by atoms with E-state index in [2.05, 4.69) is 5.32 Å². The van der Waals surface area contributed by atoms with Gasteiger partial charge in [-0.15, -0.1) is 0 Å². The number of methoxy groups -OCH3 is 1. The molecule has 4 nitrogen and oxygen atoms in total. The van der Waals surface area contributed by atoms with Gasteiger partial charge < -0.3 is 10.5 Å². The fraction of sp³-hybridized carbons (Fsp3) is 0.533. The van der Waals surface area contributed by atoms with Gasteiger partial charge >= 0.3 is 0 Å². The van der Waals surface area contributed by atoms with Crippen LogP contribution in [0.4, 0.5) is 0 Å². The number of carbonyl (C=O) groups is 1. The highest BCUT2D eigenvalue weighted by Crippen LogP contribution is 2.33. The second-order valence-electron chi connectivity index (χ2n) is 5.19. The normalized spacial score (nSPS) is 17.7. The standard InChI is InChI=1S/C15H21ClN2O2/c1-20-12-9-5-8-11(16)13(12)14(15(17)19)18-10-6-3-2-4-7-10/h5,8-10,14,18H,2-4,6-7H2,1H3,(H2,17,19). The van der Waals surface area contributed by atoms with E-state index in [0.717, 1.165) is 12.8 Å². The molecule has 3 N–H and O–H groups in total. The zero-order valence-corrected chi connectivity index (χ0v) is 12.5. The summed E-state index contributed by atoms with van der Waals surface area (Å²) in [4.78, 5) is 11.8. The molecule has 1 aromatic rings. The van der Waals surface area contributed by atoms with Crippen LogP contribution in [0.2, 0.25) is 5.02 Å². The Balaban J connectivity index is 2.26. The smallest absolute Gasteiger partial charge is 0.239 e. The molecule has 1 atom stereocenters. The van der Waals surface area contributed by atoms with E-state index in [9.17, 15) is 4.79 Å². The van der Waals surface area contributed by atoms with Crippen molar-refractivity contribution in [3.05, 3.63) is 28.8 Å². The number of benzene rings is 1. The lowest BCUT2D eigenvalue weighted by molar-refractivity contribution is -0.120. The van der Waals surface area contributed by atoms with Crippen molar-refractivity contribution in [3.63, 3.8) is 0 Å². The number of hydrogen-bond donors (Lipinski definition) is 2. The van der Waals surface area contributed by atoms with Gasteiger partial charge in [0, 0.05) is 16.6 Å². The molecule has 0 spiro atoms. The Labute approximate surface area is 124 Å². The molecule has 110 valence electrons. The molecule has 0 aliphatic heterocycles. The van der Waals surface area contributed by atoms with Crippen molar-refractivity contribution in [2.45, 2.75) is 44.2 Å². The first-order chi connectivity index (χ1) is 9.63. The second-order valence-corrected chi connectivity index (χ2v) is 5.60. The molecular formula is C15H21ClN2O2. The van der Waals surface area contributed by atoms with E-state index in [-0.39, 0.29) is 0 Å². The van der Waals surface area contributed by atoms with Crippen LogP contribution >= 0.6 is 11.6 Å². The molecule has 1 fully saturated rings. The summed E-state index contributed by atoms with van der Waals surface area (Å²) >= 11 is 6.24. The first kappa shape index (κ1) is 15.1. The Hall–Kier alpha value is -1.26. The molecule has 1 saturated carbocycles. The summed E-state index contributed by atoms with van der Waals surface area (Å²) in [6, 6.07) is 5.03. The molecule has 1 aliphatic rings. The molecule has 0 saturated heterocycles. The number of rotatable bonds is 5. The molecule has 1 unspecified atom stereocenters. The Morgan fingerprint density at radius 1 is 1.40 bits per heavy atom. The maximum atomic E-state index is 11.8. The minimum atomic E-state index is -0.609. The van der Waals surface area contributed by atoms with Crippen molar-refractivity contribution in [1.82, 2.24) is 5.32 Å². The second kappa shape index (κ2) is 6.95. The van der Waals surface area contributed by atoms with E-state index in [1.807, 2.05) is 0 Å². The lowest BCUT2D eigenvalue weighted by Gasteiger charge is -2.28. The van der Waals surface area contributed by atoms with E-state index in [1.54, 1.807) is 25.3 Å². The molecule has 20 heavy (non-hydrogen) atoms. The lowest BCUT2D eigenvalue weighted by atomic mass is 9.93. The van der Waals surface area contributed by atoms with Gasteiger partial charge in [-0.1, -0.05) is 36.9 Å². The van der Waals surface area contributed by atoms with Crippen LogP contribution in [-0.2, 0) is 4.79 Å². The van der Waals surface area contributed by atoms with Gasteiger partial charge in [-0.2, -0.15) is 0 Å². The third-order valence-corrected chi connectivity index (χ3v) is 4.14. The van der Waals surface area contributed by atoms with Gasteiger partial charge in [0.25, 0.3) is 0 Å². The van der Waals surface area contributed by atoms with E-state index in [0.29, 0.717) is 22.4 Å². The third-order valence-electron chi connectivity index (χ3n) is 3.81. The number of nitrogens with one attached hydrogen (secondary N) is 1. The van der Waals surface area contributed by atoms with Crippen molar-refractivity contribution in [2.24, 2.45) is 5.73 Å². The minimum Gasteiger partial charge on any atom is -0.496 e. The average Bonchev–Trinajstić information content (AvgIpc) is 2.46. The number of carbonyl (C=O) groups excluding carboxylic acids is 1. The van der Waals surface area contributed by atoms with Crippen LogP contribution in [0.5, 0.6) is 5.75 Å². The van der Waals surface area contributed by atoms with Gasteiger partial charge in [0.15, 0.2) is 0 Å². The van der Waals surface area contributed by atoms with Crippen molar-refractivity contribution >= 4 is 17.5 Å². The SMILES string of the molecule is COc1cccc(Cl)c1C(NC1CCCCC1)C(N)=O. The Morgan fingerprint density at radius 3 is 2.70 bits per heavy atom. The summed E-state index contributed by atoms with van der Waals surface area (Å²) < 4.78 is 5.31. The molecule has 1 amide bonds. The lowest BCUT2D eigenvalue weighted by Crippen LogP contribution is -2.41. The van der Waals surface area contributed by atoms with E-state index in [1.165, 1.54) is 19.3 Å². The van der Waals surface area contributed by atoms with Gasteiger partial charge in [-0.25, -0.2) is 0 Å². The number of hydrogen-bond acceptors (Lipinski definition) is 3. The molecular weight excluding hydrogens is 276 g/mol. The van der Waals surface area contributed by atoms with E-state index < -0.39 is 11.9 Å². The Bertz CT molecular complexity index is 473. The van der Waals surface area contributed by atoms with Crippen molar-refractivity contribution in [2.75, 3.05) is 7.11 Å². The monoisotopic (exact) mass is 296 g/mol. The zero-order chi connectivity index (χ0) is 14.5.